The topological polar surface area (TPSA) is 29.3 Å². The Morgan fingerprint density at radius 1 is 1.31 bits per heavy atom. The van der Waals surface area contributed by atoms with Crippen LogP contribution in [-0.2, 0) is 0 Å². The highest BCUT2D eigenvalue weighted by molar-refractivity contribution is 8.01. The molecule has 0 spiro atoms. The number of para-hydroxylation sites is 1. The summed E-state index contributed by atoms with van der Waals surface area (Å²) in [7, 11) is 0. The normalized spacial score (nSPS) is 13.4. The lowest BCUT2D eigenvalue weighted by atomic mass is 10.2. The fraction of sp³-hybridized carbons (Fsp3) is 0.167. The van der Waals surface area contributed by atoms with Gasteiger partial charge in [0.15, 0.2) is 0 Å². The summed E-state index contributed by atoms with van der Waals surface area (Å²) in [5.41, 5.74) is 9.39. The number of fused-ring (bicyclic) bond motifs is 2. The lowest BCUT2D eigenvalue weighted by molar-refractivity contribution is 0.992. The molecule has 0 bridgehead atoms. The molecule has 0 saturated carbocycles. The van der Waals surface area contributed by atoms with Gasteiger partial charge in [-0.1, -0.05) is 23.9 Å². The van der Waals surface area contributed by atoms with Crippen LogP contribution >= 0.6 is 23.1 Å². The van der Waals surface area contributed by atoms with Gasteiger partial charge in [0, 0.05) is 16.8 Å². The summed E-state index contributed by atoms with van der Waals surface area (Å²) >= 11 is 3.55. The summed E-state index contributed by atoms with van der Waals surface area (Å²) in [4.78, 5) is 3.62. The number of hydrogen-bond acceptors (Lipinski definition) is 4. The van der Waals surface area contributed by atoms with Gasteiger partial charge in [-0.15, -0.1) is 11.3 Å². The molecule has 82 valence electrons. The van der Waals surface area contributed by atoms with E-state index in [-0.39, 0.29) is 0 Å². The van der Waals surface area contributed by atoms with Crippen molar-refractivity contribution in [2.24, 2.45) is 0 Å². The molecule has 0 fully saturated rings. The van der Waals surface area contributed by atoms with E-state index in [0.717, 1.165) is 12.2 Å². The Bertz CT molecular complexity index is 534. The van der Waals surface area contributed by atoms with Crippen molar-refractivity contribution in [3.63, 3.8) is 0 Å². The van der Waals surface area contributed by atoms with Gasteiger partial charge in [0.05, 0.1) is 21.3 Å². The Morgan fingerprint density at radius 2 is 2.12 bits per heavy atom. The van der Waals surface area contributed by atoms with Gasteiger partial charge in [-0.2, -0.15) is 0 Å². The Kier molecular flexibility index (Phi) is 2.33. The molecule has 4 heteroatoms. The van der Waals surface area contributed by atoms with Crippen molar-refractivity contribution in [1.29, 1.82) is 0 Å². The average Bonchev–Trinajstić information content (AvgIpc) is 2.68. The van der Waals surface area contributed by atoms with E-state index in [4.69, 9.17) is 5.73 Å². The van der Waals surface area contributed by atoms with Crippen LogP contribution in [0.2, 0.25) is 0 Å². The third kappa shape index (κ3) is 1.33. The van der Waals surface area contributed by atoms with Gasteiger partial charge >= 0.3 is 0 Å². The Morgan fingerprint density at radius 3 is 2.94 bits per heavy atom. The van der Waals surface area contributed by atoms with Crippen LogP contribution in [0.3, 0.4) is 0 Å². The van der Waals surface area contributed by atoms with Crippen LogP contribution in [-0.4, -0.2) is 6.54 Å². The van der Waals surface area contributed by atoms with Crippen LogP contribution in [0.25, 0.3) is 0 Å². The second-order valence-corrected chi connectivity index (χ2v) is 5.83. The number of rotatable bonds is 1. The molecule has 2 N–H and O–H groups in total. The van der Waals surface area contributed by atoms with E-state index in [1.807, 2.05) is 17.1 Å². The van der Waals surface area contributed by atoms with E-state index in [2.05, 4.69) is 36.1 Å². The molecule has 0 radical (unpaired) electrons. The maximum Gasteiger partial charge on any atom is 0.0906 e. The lowest BCUT2D eigenvalue weighted by Crippen LogP contribution is -2.19. The standard InChI is InChI=1S/C12H12N2S2/c1-2-14-9-5-3-4-6-10(9)16-12-11(14)8(13)7-15-12/h3-7H,2,13H2,1H3. The van der Waals surface area contributed by atoms with Gasteiger partial charge in [0.2, 0.25) is 0 Å². The van der Waals surface area contributed by atoms with E-state index >= 15 is 0 Å². The van der Waals surface area contributed by atoms with Crippen molar-refractivity contribution >= 4 is 40.2 Å². The highest BCUT2D eigenvalue weighted by Gasteiger charge is 2.25. The summed E-state index contributed by atoms with van der Waals surface area (Å²) in [6.45, 7) is 3.11. The first-order valence-corrected chi connectivity index (χ1v) is 6.92. The smallest absolute Gasteiger partial charge is 0.0906 e. The first kappa shape index (κ1) is 10.1. The third-order valence-electron chi connectivity index (χ3n) is 2.70. The molecule has 3 rings (SSSR count). The summed E-state index contributed by atoms with van der Waals surface area (Å²) < 4.78 is 1.30. The van der Waals surface area contributed by atoms with Crippen molar-refractivity contribution in [3.8, 4) is 0 Å². The van der Waals surface area contributed by atoms with Gasteiger partial charge < -0.3 is 10.6 Å². The predicted octanol–water partition coefficient (Wildman–Crippen LogP) is 3.95. The van der Waals surface area contributed by atoms with Gasteiger partial charge in [0.25, 0.3) is 0 Å². The molecule has 0 unspecified atom stereocenters. The molecule has 1 aliphatic heterocycles. The molecule has 2 nitrogen and oxygen atoms in total. The Balaban J connectivity index is 2.21. The number of nitrogens with two attached hydrogens (primary N) is 1. The average molecular weight is 248 g/mol. The Labute approximate surface area is 103 Å². The SMILES string of the molecule is CCN1c2ccccc2Sc2scc(N)c21. The number of nitrogens with zero attached hydrogens (tertiary/aromatic N) is 1. The molecule has 0 saturated heterocycles. The zero-order valence-corrected chi connectivity index (χ0v) is 10.6. The van der Waals surface area contributed by atoms with Gasteiger partial charge in [-0.25, -0.2) is 0 Å². The van der Waals surface area contributed by atoms with Crippen LogP contribution in [0, 0.1) is 0 Å². The molecule has 0 amide bonds. The number of benzene rings is 1. The number of hydrogen-bond donors (Lipinski definition) is 1. The third-order valence-corrected chi connectivity index (χ3v) is 4.97. The van der Waals surface area contributed by atoms with Crippen LogP contribution in [0.15, 0.2) is 38.8 Å². The summed E-state index contributed by atoms with van der Waals surface area (Å²) in [6, 6.07) is 8.49. The number of thiophene rings is 1. The van der Waals surface area contributed by atoms with Gasteiger partial charge in [-0.05, 0) is 19.1 Å². The second-order valence-electron chi connectivity index (χ2n) is 3.64. The largest absolute Gasteiger partial charge is 0.396 e. The summed E-state index contributed by atoms with van der Waals surface area (Å²) in [6.07, 6.45) is 0. The highest BCUT2D eigenvalue weighted by Crippen LogP contribution is 2.53. The molecule has 2 heterocycles. The van der Waals surface area contributed by atoms with E-state index in [1.165, 1.54) is 20.5 Å². The lowest BCUT2D eigenvalue weighted by Gasteiger charge is -2.30. The van der Waals surface area contributed by atoms with Crippen LogP contribution < -0.4 is 10.6 Å². The fourth-order valence-electron chi connectivity index (χ4n) is 2.00. The molecular weight excluding hydrogens is 236 g/mol. The van der Waals surface area contributed by atoms with Crippen molar-refractivity contribution in [3.05, 3.63) is 29.6 Å². The van der Waals surface area contributed by atoms with Crippen molar-refractivity contribution < 1.29 is 0 Å². The molecular formula is C12H12N2S2. The molecule has 1 aliphatic rings. The van der Waals surface area contributed by atoms with Crippen LogP contribution in [0.5, 0.6) is 0 Å². The van der Waals surface area contributed by atoms with E-state index < -0.39 is 0 Å². The Hall–Kier alpha value is -1.13. The van der Waals surface area contributed by atoms with Crippen molar-refractivity contribution in [2.75, 3.05) is 17.2 Å². The summed E-state index contributed by atoms with van der Waals surface area (Å²) in [5.74, 6) is 0. The maximum atomic E-state index is 6.04. The zero-order valence-electron chi connectivity index (χ0n) is 8.93. The molecule has 0 aliphatic carbocycles. The van der Waals surface area contributed by atoms with E-state index in [0.29, 0.717) is 0 Å². The predicted molar refractivity (Wildman–Crippen MR) is 72.0 cm³/mol. The summed E-state index contributed by atoms with van der Waals surface area (Å²) in [5, 5.41) is 2.03. The van der Waals surface area contributed by atoms with Crippen molar-refractivity contribution in [2.45, 2.75) is 16.0 Å². The second kappa shape index (κ2) is 3.71. The molecule has 16 heavy (non-hydrogen) atoms. The zero-order chi connectivity index (χ0) is 11.1. The van der Waals surface area contributed by atoms with E-state index in [9.17, 15) is 0 Å². The monoisotopic (exact) mass is 248 g/mol. The minimum Gasteiger partial charge on any atom is -0.396 e. The number of nitrogen functional groups attached to an aromatic ring is 1. The first-order valence-electron chi connectivity index (χ1n) is 5.22. The van der Waals surface area contributed by atoms with Crippen LogP contribution in [0.1, 0.15) is 6.92 Å². The van der Waals surface area contributed by atoms with E-state index in [1.54, 1.807) is 11.3 Å². The fourth-order valence-corrected chi connectivity index (χ4v) is 4.25. The highest BCUT2D eigenvalue weighted by atomic mass is 32.2. The molecule has 2 aromatic rings. The maximum absolute atomic E-state index is 6.04. The first-order chi connectivity index (χ1) is 7.81. The van der Waals surface area contributed by atoms with Gasteiger partial charge in [0.1, 0.15) is 0 Å². The quantitative estimate of drug-likeness (QED) is 0.828. The molecule has 1 aromatic heterocycles. The number of anilines is 3. The molecule has 0 atom stereocenters. The minimum atomic E-state index is 0.892. The van der Waals surface area contributed by atoms with Crippen LogP contribution in [0.4, 0.5) is 17.1 Å². The van der Waals surface area contributed by atoms with Crippen molar-refractivity contribution in [1.82, 2.24) is 0 Å². The van der Waals surface area contributed by atoms with Gasteiger partial charge in [-0.3, -0.25) is 0 Å². The minimum absolute atomic E-state index is 0.892. The molecule has 1 aromatic carbocycles.